The molecule has 4 heteroatoms. The third-order valence-electron chi connectivity index (χ3n) is 2.86. The summed E-state index contributed by atoms with van der Waals surface area (Å²) in [4.78, 5) is 11.1. The second-order valence-electron chi connectivity index (χ2n) is 4.20. The van der Waals surface area contributed by atoms with Crippen molar-refractivity contribution in [2.75, 3.05) is 7.11 Å². The molecule has 0 saturated heterocycles. The highest BCUT2D eigenvalue weighted by molar-refractivity contribution is 6.33. The predicted octanol–water partition coefficient (Wildman–Crippen LogP) is 4.02. The van der Waals surface area contributed by atoms with Crippen molar-refractivity contribution in [3.05, 3.63) is 52.5 Å². The van der Waals surface area contributed by atoms with Gasteiger partial charge in [0.15, 0.2) is 0 Å². The van der Waals surface area contributed by atoms with Crippen molar-refractivity contribution in [2.24, 2.45) is 0 Å². The Bertz CT molecular complexity index is 635. The Morgan fingerprint density at radius 3 is 2.58 bits per heavy atom. The van der Waals surface area contributed by atoms with Gasteiger partial charge in [-0.1, -0.05) is 29.3 Å². The minimum Gasteiger partial charge on any atom is -0.496 e. The van der Waals surface area contributed by atoms with Gasteiger partial charge in [0, 0.05) is 5.56 Å². The molecule has 0 heterocycles. The molecule has 0 aliphatic rings. The smallest absolute Gasteiger partial charge is 0.337 e. The van der Waals surface area contributed by atoms with E-state index >= 15 is 0 Å². The zero-order valence-electron chi connectivity index (χ0n) is 10.6. The summed E-state index contributed by atoms with van der Waals surface area (Å²) in [6, 6.07) is 10.7. The highest BCUT2D eigenvalue weighted by Gasteiger charge is 2.12. The Kier molecular flexibility index (Phi) is 3.76. The summed E-state index contributed by atoms with van der Waals surface area (Å²) in [6.45, 7) is 1.97. The van der Waals surface area contributed by atoms with Crippen LogP contribution in [-0.4, -0.2) is 18.2 Å². The van der Waals surface area contributed by atoms with Crippen molar-refractivity contribution in [3.8, 4) is 16.9 Å². The van der Waals surface area contributed by atoms with Gasteiger partial charge in [-0.25, -0.2) is 4.79 Å². The maximum atomic E-state index is 11.1. The molecule has 0 unspecified atom stereocenters. The van der Waals surface area contributed by atoms with Crippen LogP contribution >= 0.6 is 11.6 Å². The minimum absolute atomic E-state index is 0.0859. The normalized spacial score (nSPS) is 10.3. The Hall–Kier alpha value is -2.00. The van der Waals surface area contributed by atoms with E-state index in [0.29, 0.717) is 5.75 Å². The summed E-state index contributed by atoms with van der Waals surface area (Å²) in [5.74, 6) is -0.345. The van der Waals surface area contributed by atoms with Gasteiger partial charge >= 0.3 is 5.97 Å². The zero-order valence-corrected chi connectivity index (χ0v) is 11.4. The zero-order chi connectivity index (χ0) is 14.0. The standard InChI is InChI=1S/C15H13ClO3/c1-9-3-6-14(19-2)11(7-9)10-4-5-13(16)12(8-10)15(17)18/h3-8H,1-2H3,(H,17,18). The van der Waals surface area contributed by atoms with Gasteiger partial charge < -0.3 is 9.84 Å². The number of aryl methyl sites for hydroxylation is 1. The van der Waals surface area contributed by atoms with Gasteiger partial charge in [-0.2, -0.15) is 0 Å². The van der Waals surface area contributed by atoms with Crippen LogP contribution in [-0.2, 0) is 0 Å². The number of hydrogen-bond donors (Lipinski definition) is 1. The van der Waals surface area contributed by atoms with Crippen molar-refractivity contribution < 1.29 is 14.6 Å². The monoisotopic (exact) mass is 276 g/mol. The Balaban J connectivity index is 2.62. The molecule has 98 valence electrons. The van der Waals surface area contributed by atoms with Crippen LogP contribution in [0.4, 0.5) is 0 Å². The van der Waals surface area contributed by atoms with Crippen molar-refractivity contribution in [1.29, 1.82) is 0 Å². The van der Waals surface area contributed by atoms with Crippen LogP contribution in [0.5, 0.6) is 5.75 Å². The fourth-order valence-electron chi connectivity index (χ4n) is 1.90. The number of methoxy groups -OCH3 is 1. The molecule has 2 rings (SSSR count). The molecule has 1 N–H and O–H groups in total. The summed E-state index contributed by atoms with van der Waals surface area (Å²) in [5.41, 5.74) is 2.77. The fraction of sp³-hybridized carbons (Fsp3) is 0.133. The SMILES string of the molecule is COc1ccc(C)cc1-c1ccc(Cl)c(C(=O)O)c1. The minimum atomic E-state index is -1.04. The van der Waals surface area contributed by atoms with Crippen molar-refractivity contribution in [3.63, 3.8) is 0 Å². The molecule has 0 aromatic heterocycles. The molecule has 19 heavy (non-hydrogen) atoms. The maximum Gasteiger partial charge on any atom is 0.337 e. The van der Waals surface area contributed by atoms with Crippen LogP contribution in [0.2, 0.25) is 5.02 Å². The topological polar surface area (TPSA) is 46.5 Å². The number of carbonyl (C=O) groups is 1. The largest absolute Gasteiger partial charge is 0.496 e. The van der Waals surface area contributed by atoms with E-state index in [1.54, 1.807) is 25.3 Å². The number of ether oxygens (including phenoxy) is 1. The number of aromatic carboxylic acids is 1. The molecular weight excluding hydrogens is 264 g/mol. The molecule has 3 nitrogen and oxygen atoms in total. The average Bonchev–Trinajstić information content (AvgIpc) is 2.39. The van der Waals surface area contributed by atoms with Crippen LogP contribution in [0.1, 0.15) is 15.9 Å². The molecular formula is C15H13ClO3. The van der Waals surface area contributed by atoms with E-state index in [4.69, 9.17) is 21.4 Å². The number of hydrogen-bond acceptors (Lipinski definition) is 2. The molecule has 0 amide bonds. The van der Waals surface area contributed by atoms with E-state index < -0.39 is 5.97 Å². The summed E-state index contributed by atoms with van der Waals surface area (Å²) in [6.07, 6.45) is 0. The molecule has 0 saturated carbocycles. The first-order valence-electron chi connectivity index (χ1n) is 5.71. The van der Waals surface area contributed by atoms with Gasteiger partial charge in [-0.15, -0.1) is 0 Å². The predicted molar refractivity (Wildman–Crippen MR) is 75.1 cm³/mol. The van der Waals surface area contributed by atoms with Gasteiger partial charge in [0.2, 0.25) is 0 Å². The van der Waals surface area contributed by atoms with Crippen molar-refractivity contribution in [2.45, 2.75) is 6.92 Å². The highest BCUT2D eigenvalue weighted by atomic mass is 35.5. The third kappa shape index (κ3) is 2.71. The average molecular weight is 277 g/mol. The number of benzene rings is 2. The molecule has 0 aliphatic carbocycles. The van der Waals surface area contributed by atoms with Gasteiger partial charge in [-0.05, 0) is 36.8 Å². The Morgan fingerprint density at radius 1 is 1.21 bits per heavy atom. The Morgan fingerprint density at radius 2 is 1.95 bits per heavy atom. The number of rotatable bonds is 3. The first kappa shape index (κ1) is 13.4. The van der Waals surface area contributed by atoms with E-state index in [-0.39, 0.29) is 10.6 Å². The fourth-order valence-corrected chi connectivity index (χ4v) is 2.10. The lowest BCUT2D eigenvalue weighted by atomic mass is 10.0. The summed E-state index contributed by atoms with van der Waals surface area (Å²) in [5, 5.41) is 9.33. The van der Waals surface area contributed by atoms with Crippen molar-refractivity contribution in [1.82, 2.24) is 0 Å². The lowest BCUT2D eigenvalue weighted by molar-refractivity contribution is 0.0697. The second kappa shape index (κ2) is 5.33. The van der Waals surface area contributed by atoms with Gasteiger partial charge in [0.25, 0.3) is 0 Å². The first-order chi connectivity index (χ1) is 9.02. The summed E-state index contributed by atoms with van der Waals surface area (Å²) >= 11 is 5.87. The van der Waals surface area contributed by atoms with E-state index in [2.05, 4.69) is 0 Å². The van der Waals surface area contributed by atoms with Crippen molar-refractivity contribution >= 4 is 17.6 Å². The number of carboxylic acid groups (broad SMARTS) is 1. The van der Waals surface area contributed by atoms with Gasteiger partial charge in [0.05, 0.1) is 17.7 Å². The van der Waals surface area contributed by atoms with Crippen LogP contribution in [0.15, 0.2) is 36.4 Å². The molecule has 0 bridgehead atoms. The molecule has 0 aliphatic heterocycles. The summed E-state index contributed by atoms with van der Waals surface area (Å²) in [7, 11) is 1.59. The first-order valence-corrected chi connectivity index (χ1v) is 6.08. The van der Waals surface area contributed by atoms with Crippen LogP contribution < -0.4 is 4.74 Å². The molecule has 2 aromatic rings. The lowest BCUT2D eigenvalue weighted by Crippen LogP contribution is -1.98. The second-order valence-corrected chi connectivity index (χ2v) is 4.61. The van der Waals surface area contributed by atoms with E-state index in [1.807, 2.05) is 25.1 Å². The number of halogens is 1. The van der Waals surface area contributed by atoms with Crippen LogP contribution in [0, 0.1) is 6.92 Å². The molecule has 2 aromatic carbocycles. The van der Waals surface area contributed by atoms with E-state index in [1.165, 1.54) is 0 Å². The maximum absolute atomic E-state index is 11.1. The van der Waals surface area contributed by atoms with Gasteiger partial charge in [0.1, 0.15) is 5.75 Å². The number of carboxylic acids is 1. The third-order valence-corrected chi connectivity index (χ3v) is 3.19. The van der Waals surface area contributed by atoms with Crippen LogP contribution in [0.3, 0.4) is 0 Å². The van der Waals surface area contributed by atoms with E-state index in [9.17, 15) is 4.79 Å². The van der Waals surface area contributed by atoms with Gasteiger partial charge in [-0.3, -0.25) is 0 Å². The quantitative estimate of drug-likeness (QED) is 0.921. The van der Waals surface area contributed by atoms with E-state index in [0.717, 1.165) is 16.7 Å². The van der Waals surface area contributed by atoms with Crippen LogP contribution in [0.25, 0.3) is 11.1 Å². The lowest BCUT2D eigenvalue weighted by Gasteiger charge is -2.11. The molecule has 0 atom stereocenters. The highest BCUT2D eigenvalue weighted by Crippen LogP contribution is 2.33. The Labute approximate surface area is 116 Å². The molecule has 0 fully saturated rings. The summed E-state index contributed by atoms with van der Waals surface area (Å²) < 4.78 is 5.30. The molecule has 0 spiro atoms. The molecule has 0 radical (unpaired) electrons.